The number of nitrogens with one attached hydrogen (secondary N) is 1. The van der Waals surface area contributed by atoms with Gasteiger partial charge in [-0.25, -0.2) is 9.78 Å². The quantitative estimate of drug-likeness (QED) is 0.609. The monoisotopic (exact) mass is 447 g/mol. The van der Waals surface area contributed by atoms with E-state index in [-0.39, 0.29) is 12.1 Å². The summed E-state index contributed by atoms with van der Waals surface area (Å²) in [7, 11) is 0. The van der Waals surface area contributed by atoms with E-state index in [9.17, 15) is 4.79 Å². The van der Waals surface area contributed by atoms with E-state index in [2.05, 4.69) is 46.8 Å². The maximum atomic E-state index is 13.2. The van der Waals surface area contributed by atoms with Crippen molar-refractivity contribution in [2.24, 2.45) is 0 Å². The molecule has 3 aromatic rings. The van der Waals surface area contributed by atoms with Crippen LogP contribution in [-0.2, 0) is 11.3 Å². The molecule has 2 atom stereocenters. The van der Waals surface area contributed by atoms with Gasteiger partial charge < -0.3 is 19.5 Å². The first-order valence-corrected chi connectivity index (χ1v) is 12.1. The minimum absolute atomic E-state index is 0.00188. The number of imidazole rings is 1. The number of benzene rings is 2. The number of nitrogens with zero attached hydrogens (tertiary/aromatic N) is 4. The van der Waals surface area contributed by atoms with Crippen LogP contribution in [-0.4, -0.2) is 58.2 Å². The number of para-hydroxylation sites is 2. The van der Waals surface area contributed by atoms with E-state index < -0.39 is 0 Å². The molecule has 2 amide bonds. The number of carbonyl (C=O) groups is 1. The van der Waals surface area contributed by atoms with Gasteiger partial charge in [-0.05, 0) is 56.5 Å². The average molecular weight is 448 g/mol. The van der Waals surface area contributed by atoms with E-state index >= 15 is 0 Å². The number of amides is 2. The van der Waals surface area contributed by atoms with E-state index in [1.165, 1.54) is 5.56 Å². The van der Waals surface area contributed by atoms with Crippen molar-refractivity contribution in [1.82, 2.24) is 19.4 Å². The van der Waals surface area contributed by atoms with Gasteiger partial charge in [-0.3, -0.25) is 4.90 Å². The summed E-state index contributed by atoms with van der Waals surface area (Å²) in [5.74, 6) is 0.987. The van der Waals surface area contributed by atoms with E-state index in [1.54, 1.807) is 0 Å². The van der Waals surface area contributed by atoms with E-state index in [0.717, 1.165) is 74.8 Å². The molecule has 2 saturated heterocycles. The van der Waals surface area contributed by atoms with Crippen molar-refractivity contribution in [2.75, 3.05) is 38.2 Å². The lowest BCUT2D eigenvalue weighted by atomic mass is 10.1. The molecular weight excluding hydrogens is 414 g/mol. The lowest BCUT2D eigenvalue weighted by molar-refractivity contribution is 0.0198. The Bertz CT molecular complexity index is 1100. The Labute approximate surface area is 195 Å². The van der Waals surface area contributed by atoms with Crippen LogP contribution in [0.2, 0.25) is 0 Å². The summed E-state index contributed by atoms with van der Waals surface area (Å²) in [6, 6.07) is 16.7. The molecule has 1 N–H and O–H groups in total. The van der Waals surface area contributed by atoms with Crippen molar-refractivity contribution >= 4 is 22.8 Å². The number of hydrogen-bond acceptors (Lipinski definition) is 4. The Morgan fingerprint density at radius 3 is 2.64 bits per heavy atom. The third kappa shape index (κ3) is 4.35. The zero-order valence-electron chi connectivity index (χ0n) is 19.5. The van der Waals surface area contributed by atoms with Crippen LogP contribution >= 0.6 is 0 Å². The first-order valence-electron chi connectivity index (χ1n) is 12.1. The molecule has 2 aliphatic rings. The summed E-state index contributed by atoms with van der Waals surface area (Å²) in [5.41, 5.74) is 4.21. The normalized spacial score (nSPS) is 20.3. The molecule has 0 radical (unpaired) electrons. The van der Waals surface area contributed by atoms with Crippen LogP contribution in [0.15, 0.2) is 48.5 Å². The van der Waals surface area contributed by atoms with Crippen molar-refractivity contribution in [3.05, 3.63) is 59.9 Å². The first kappa shape index (κ1) is 21.9. The number of anilines is 1. The van der Waals surface area contributed by atoms with Gasteiger partial charge in [-0.1, -0.05) is 24.3 Å². The number of aryl methyl sites for hydroxylation is 1. The van der Waals surface area contributed by atoms with Gasteiger partial charge in [-0.2, -0.15) is 0 Å². The van der Waals surface area contributed by atoms with Gasteiger partial charge in [0.15, 0.2) is 0 Å². The van der Waals surface area contributed by atoms with Crippen molar-refractivity contribution < 1.29 is 9.53 Å². The molecule has 7 heteroatoms. The molecule has 174 valence electrons. The third-order valence-corrected chi connectivity index (χ3v) is 7.05. The lowest BCUT2D eigenvalue weighted by Gasteiger charge is -2.32. The predicted octanol–water partition coefficient (Wildman–Crippen LogP) is 4.82. The Kier molecular flexibility index (Phi) is 6.33. The van der Waals surface area contributed by atoms with Crippen LogP contribution in [0, 0.1) is 0 Å². The molecule has 2 aliphatic heterocycles. The molecule has 33 heavy (non-hydrogen) atoms. The fourth-order valence-electron chi connectivity index (χ4n) is 5.17. The van der Waals surface area contributed by atoms with Crippen molar-refractivity contribution in [2.45, 2.75) is 45.3 Å². The maximum absolute atomic E-state index is 13.2. The summed E-state index contributed by atoms with van der Waals surface area (Å²) in [4.78, 5) is 22.5. The summed E-state index contributed by atoms with van der Waals surface area (Å²) in [6.07, 6.45) is 1.92. The fraction of sp³-hybridized carbons (Fsp3) is 0.462. The number of hydrogen-bond donors (Lipinski definition) is 1. The summed E-state index contributed by atoms with van der Waals surface area (Å²) >= 11 is 0. The molecule has 2 aromatic carbocycles. The number of fused-ring (bicyclic) bond motifs is 1. The van der Waals surface area contributed by atoms with Crippen molar-refractivity contribution in [3.63, 3.8) is 0 Å². The number of ether oxygens (including phenoxy) is 1. The molecule has 1 aromatic heterocycles. The third-order valence-electron chi connectivity index (χ3n) is 7.05. The van der Waals surface area contributed by atoms with Crippen LogP contribution in [0.25, 0.3) is 11.0 Å². The molecule has 5 rings (SSSR count). The lowest BCUT2D eigenvalue weighted by Crippen LogP contribution is -2.38. The second-order valence-corrected chi connectivity index (χ2v) is 8.93. The fourth-order valence-corrected chi connectivity index (χ4v) is 5.17. The minimum Gasteiger partial charge on any atom is -0.379 e. The largest absolute Gasteiger partial charge is 0.379 e. The van der Waals surface area contributed by atoms with Crippen LogP contribution in [0.3, 0.4) is 0 Å². The summed E-state index contributed by atoms with van der Waals surface area (Å²) < 4.78 is 7.71. The summed E-state index contributed by atoms with van der Waals surface area (Å²) in [5, 5.41) is 3.12. The Morgan fingerprint density at radius 1 is 1.12 bits per heavy atom. The highest BCUT2D eigenvalue weighted by molar-refractivity contribution is 5.90. The smallest absolute Gasteiger partial charge is 0.322 e. The van der Waals surface area contributed by atoms with E-state index in [0.29, 0.717) is 6.04 Å². The molecule has 0 spiro atoms. The molecule has 3 heterocycles. The molecule has 2 unspecified atom stereocenters. The van der Waals surface area contributed by atoms with Crippen LogP contribution in [0.1, 0.15) is 50.2 Å². The van der Waals surface area contributed by atoms with Gasteiger partial charge >= 0.3 is 6.03 Å². The van der Waals surface area contributed by atoms with Gasteiger partial charge in [0.25, 0.3) is 0 Å². The van der Waals surface area contributed by atoms with Crippen LogP contribution in [0.4, 0.5) is 10.5 Å². The van der Waals surface area contributed by atoms with E-state index in [1.807, 2.05) is 35.2 Å². The highest BCUT2D eigenvalue weighted by Gasteiger charge is 2.33. The zero-order valence-corrected chi connectivity index (χ0v) is 19.5. The van der Waals surface area contributed by atoms with Gasteiger partial charge in [0.1, 0.15) is 5.82 Å². The first-order chi connectivity index (χ1) is 16.2. The minimum atomic E-state index is -0.0545. The van der Waals surface area contributed by atoms with Crippen molar-refractivity contribution in [3.8, 4) is 0 Å². The summed E-state index contributed by atoms with van der Waals surface area (Å²) in [6.45, 7) is 9.45. The second kappa shape index (κ2) is 9.53. The highest BCUT2D eigenvalue weighted by atomic mass is 16.5. The Morgan fingerprint density at radius 2 is 1.88 bits per heavy atom. The van der Waals surface area contributed by atoms with Gasteiger partial charge in [0.05, 0.1) is 30.3 Å². The number of likely N-dealkylation sites (tertiary alicyclic amines) is 1. The number of aromatic nitrogens is 2. The maximum Gasteiger partial charge on any atom is 0.322 e. The second-order valence-electron chi connectivity index (χ2n) is 8.93. The Hall–Kier alpha value is -2.90. The number of morpholine rings is 1. The predicted molar refractivity (Wildman–Crippen MR) is 130 cm³/mol. The van der Waals surface area contributed by atoms with Gasteiger partial charge in [0, 0.05) is 37.9 Å². The standard InChI is InChI=1S/C26H33N5O2/c1-3-30-23-8-5-4-7-22(23)28-25(30)24-9-6-14-31(24)26(32)27-21-12-10-20(11-13-21)19(2)29-15-17-33-18-16-29/h4-5,7-8,10-13,19,24H,3,6,9,14-18H2,1-2H3,(H,27,32). The van der Waals surface area contributed by atoms with Crippen LogP contribution in [0.5, 0.6) is 0 Å². The average Bonchev–Trinajstić information content (AvgIpc) is 3.49. The highest BCUT2D eigenvalue weighted by Crippen LogP contribution is 2.34. The molecule has 0 bridgehead atoms. The molecular formula is C26H33N5O2. The topological polar surface area (TPSA) is 62.6 Å². The molecule has 2 fully saturated rings. The van der Waals surface area contributed by atoms with Crippen LogP contribution < -0.4 is 5.32 Å². The van der Waals surface area contributed by atoms with Gasteiger partial charge in [0.2, 0.25) is 0 Å². The van der Waals surface area contributed by atoms with E-state index in [4.69, 9.17) is 9.72 Å². The zero-order chi connectivity index (χ0) is 22.8. The van der Waals surface area contributed by atoms with Crippen molar-refractivity contribution in [1.29, 1.82) is 0 Å². The molecule has 0 aliphatic carbocycles. The number of rotatable bonds is 5. The molecule has 7 nitrogen and oxygen atoms in total. The SMILES string of the molecule is CCn1c(C2CCCN2C(=O)Nc2ccc(C(C)N3CCOCC3)cc2)nc2ccccc21. The van der Waals surface area contributed by atoms with Gasteiger partial charge in [-0.15, -0.1) is 0 Å². The number of urea groups is 1. The number of carbonyl (C=O) groups excluding carboxylic acids is 1. The Balaban J connectivity index is 1.29. The molecule has 0 saturated carbocycles.